The molecule has 0 aromatic carbocycles. The van der Waals surface area contributed by atoms with E-state index < -0.39 is 5.60 Å². The van der Waals surface area contributed by atoms with Crippen LogP contribution in [0.5, 0.6) is 0 Å². The quantitative estimate of drug-likeness (QED) is 0.780. The van der Waals surface area contributed by atoms with Crippen LogP contribution >= 0.6 is 0 Å². The Bertz CT molecular complexity index is 553. The van der Waals surface area contributed by atoms with Crippen molar-refractivity contribution in [2.45, 2.75) is 76.9 Å². The summed E-state index contributed by atoms with van der Waals surface area (Å²) in [6, 6.07) is 0. The third-order valence-electron chi connectivity index (χ3n) is 8.18. The molecule has 0 aromatic heterocycles. The number of allylic oxidation sites excluding steroid dienone is 1. The molecule has 0 unspecified atom stereocenters. The summed E-state index contributed by atoms with van der Waals surface area (Å²) in [6.45, 7) is 4.31. The number of carbonyl (C=O) groups is 1. The Morgan fingerprint density at radius 3 is 2.78 bits per heavy atom. The highest BCUT2D eigenvalue weighted by molar-refractivity contribution is 5.91. The predicted molar refractivity (Wildman–Crippen MR) is 88.7 cm³/mol. The van der Waals surface area contributed by atoms with Gasteiger partial charge in [0, 0.05) is 11.8 Å². The van der Waals surface area contributed by atoms with Crippen molar-refractivity contribution in [3.63, 3.8) is 0 Å². The van der Waals surface area contributed by atoms with Crippen molar-refractivity contribution in [2.75, 3.05) is 0 Å². The zero-order valence-electron chi connectivity index (χ0n) is 14.4. The summed E-state index contributed by atoms with van der Waals surface area (Å²) >= 11 is 0. The highest BCUT2D eigenvalue weighted by Gasteiger charge is 2.63. The molecule has 0 spiro atoms. The van der Waals surface area contributed by atoms with Crippen LogP contribution in [0, 0.1) is 29.1 Å². The van der Waals surface area contributed by atoms with Crippen molar-refractivity contribution in [1.82, 2.24) is 0 Å². The maximum absolute atomic E-state index is 11.7. The van der Waals surface area contributed by atoms with Gasteiger partial charge in [0.15, 0.2) is 5.78 Å². The van der Waals surface area contributed by atoms with Gasteiger partial charge < -0.3 is 10.2 Å². The summed E-state index contributed by atoms with van der Waals surface area (Å²) in [4.78, 5) is 11.7. The molecule has 0 amide bonds. The minimum absolute atomic E-state index is 0.145. The monoisotopic (exact) mass is 318 g/mol. The van der Waals surface area contributed by atoms with Crippen LogP contribution in [0.25, 0.3) is 0 Å². The predicted octanol–water partition coefficient (Wildman–Crippen LogP) is 3.24. The van der Waals surface area contributed by atoms with Gasteiger partial charge >= 0.3 is 0 Å². The molecule has 0 aromatic rings. The lowest BCUT2D eigenvalue weighted by Crippen LogP contribution is -2.57. The van der Waals surface area contributed by atoms with Crippen molar-refractivity contribution in [3.05, 3.63) is 11.6 Å². The highest BCUT2D eigenvalue weighted by Crippen LogP contribution is 2.65. The molecule has 0 radical (unpaired) electrons. The second-order valence-electron chi connectivity index (χ2n) is 8.83. The smallest absolute Gasteiger partial charge is 0.155 e. The fourth-order valence-corrected chi connectivity index (χ4v) is 6.94. The van der Waals surface area contributed by atoms with Crippen LogP contribution in [-0.2, 0) is 4.79 Å². The maximum Gasteiger partial charge on any atom is 0.155 e. The number of hydrogen-bond donors (Lipinski definition) is 2. The average Bonchev–Trinajstić information content (AvgIpc) is 2.78. The molecule has 4 aliphatic rings. The van der Waals surface area contributed by atoms with Crippen molar-refractivity contribution in [1.29, 1.82) is 0 Å². The van der Waals surface area contributed by atoms with Crippen LogP contribution in [0.2, 0.25) is 0 Å². The molecule has 23 heavy (non-hydrogen) atoms. The average molecular weight is 318 g/mol. The number of aliphatic hydroxyl groups excluding tert-OH is 1. The number of hydrogen-bond acceptors (Lipinski definition) is 3. The summed E-state index contributed by atoms with van der Waals surface area (Å²) in [7, 11) is 0. The molecule has 4 aliphatic carbocycles. The van der Waals surface area contributed by atoms with Gasteiger partial charge in [-0.3, -0.25) is 4.79 Å². The first-order valence-corrected chi connectivity index (χ1v) is 9.53. The first-order valence-electron chi connectivity index (χ1n) is 9.53. The third-order valence-corrected chi connectivity index (χ3v) is 8.18. The van der Waals surface area contributed by atoms with Crippen LogP contribution in [0.4, 0.5) is 0 Å². The molecule has 128 valence electrons. The van der Waals surface area contributed by atoms with Crippen molar-refractivity contribution < 1.29 is 15.0 Å². The van der Waals surface area contributed by atoms with Crippen LogP contribution < -0.4 is 0 Å². The lowest BCUT2D eigenvalue weighted by molar-refractivity contribution is -0.159. The second-order valence-corrected chi connectivity index (χ2v) is 8.83. The van der Waals surface area contributed by atoms with Crippen LogP contribution in [-0.4, -0.2) is 27.7 Å². The molecule has 3 saturated carbocycles. The molecule has 3 heteroatoms. The standard InChI is InChI=1S/C20H30O3/c1-3-20(23)9-8-16-15-6-4-12-10-13(21)5-7-14(12)18(15)17(22)11-19(16,20)2/h10,14-18,22-23H,3-9,11H2,1-2H3/t14-,15-,16-,17+,18+,19-,20-/m0/s1. The molecule has 0 bridgehead atoms. The topological polar surface area (TPSA) is 57.5 Å². The Morgan fingerprint density at radius 2 is 2.04 bits per heavy atom. The number of carbonyl (C=O) groups excluding carboxylic acids is 1. The number of fused-ring (bicyclic) bond motifs is 5. The van der Waals surface area contributed by atoms with Gasteiger partial charge in [-0.2, -0.15) is 0 Å². The molecule has 2 N–H and O–H groups in total. The normalized spacial score (nSPS) is 52.4. The molecular weight excluding hydrogens is 288 g/mol. The van der Waals surface area contributed by atoms with Crippen molar-refractivity contribution in [3.8, 4) is 0 Å². The van der Waals surface area contributed by atoms with Gasteiger partial charge in [-0.05, 0) is 74.7 Å². The molecule has 0 saturated heterocycles. The van der Waals surface area contributed by atoms with E-state index >= 15 is 0 Å². The second kappa shape index (κ2) is 5.16. The van der Waals surface area contributed by atoms with Gasteiger partial charge in [-0.15, -0.1) is 0 Å². The Hall–Kier alpha value is -0.670. The van der Waals surface area contributed by atoms with E-state index in [1.807, 2.05) is 6.08 Å². The molecule has 0 aliphatic heterocycles. The largest absolute Gasteiger partial charge is 0.393 e. The summed E-state index contributed by atoms with van der Waals surface area (Å²) < 4.78 is 0. The summed E-state index contributed by atoms with van der Waals surface area (Å²) in [5.41, 5.74) is 0.546. The van der Waals surface area contributed by atoms with E-state index in [1.54, 1.807) is 0 Å². The molecular formula is C20H30O3. The van der Waals surface area contributed by atoms with Crippen LogP contribution in [0.15, 0.2) is 11.6 Å². The summed E-state index contributed by atoms with van der Waals surface area (Å²) in [6.07, 6.45) is 8.69. The zero-order valence-corrected chi connectivity index (χ0v) is 14.4. The van der Waals surface area contributed by atoms with Gasteiger partial charge in [-0.1, -0.05) is 19.4 Å². The van der Waals surface area contributed by atoms with E-state index in [0.717, 1.165) is 44.9 Å². The lowest BCUT2D eigenvalue weighted by atomic mass is 9.49. The highest BCUT2D eigenvalue weighted by atomic mass is 16.3. The Balaban J connectivity index is 1.69. The fraction of sp³-hybridized carbons (Fsp3) is 0.850. The number of aliphatic hydroxyl groups is 2. The van der Waals surface area contributed by atoms with Crippen LogP contribution in [0.3, 0.4) is 0 Å². The Morgan fingerprint density at radius 1 is 1.26 bits per heavy atom. The van der Waals surface area contributed by atoms with Crippen LogP contribution in [0.1, 0.15) is 65.2 Å². The molecule has 7 atom stereocenters. The van der Waals surface area contributed by atoms with Gasteiger partial charge in [0.25, 0.3) is 0 Å². The fourth-order valence-electron chi connectivity index (χ4n) is 6.94. The van der Waals surface area contributed by atoms with E-state index in [9.17, 15) is 15.0 Å². The molecule has 3 fully saturated rings. The van der Waals surface area contributed by atoms with E-state index in [4.69, 9.17) is 0 Å². The van der Waals surface area contributed by atoms with Gasteiger partial charge in [-0.25, -0.2) is 0 Å². The van der Waals surface area contributed by atoms with E-state index in [1.165, 1.54) is 5.57 Å². The summed E-state index contributed by atoms with van der Waals surface area (Å²) in [5.74, 6) is 2.02. The first kappa shape index (κ1) is 15.8. The van der Waals surface area contributed by atoms with E-state index in [0.29, 0.717) is 30.1 Å². The molecule has 3 nitrogen and oxygen atoms in total. The molecule has 4 rings (SSSR count). The zero-order chi connectivity index (χ0) is 16.4. The Kier molecular flexibility index (Phi) is 3.55. The number of rotatable bonds is 1. The van der Waals surface area contributed by atoms with Gasteiger partial charge in [0.2, 0.25) is 0 Å². The minimum atomic E-state index is -0.609. The SMILES string of the molecule is CC[C@]1(O)CC[C@H]2[C@@H]3CCC4=CC(=O)CC[C@@H]4[C@H]3[C@H](O)C[C@@]21C. The maximum atomic E-state index is 11.7. The van der Waals surface area contributed by atoms with E-state index in [-0.39, 0.29) is 17.3 Å². The number of ketones is 1. The molecule has 0 heterocycles. The van der Waals surface area contributed by atoms with Gasteiger partial charge in [0.05, 0.1) is 11.7 Å². The Labute approximate surface area is 139 Å². The first-order chi connectivity index (χ1) is 10.9. The lowest BCUT2D eigenvalue weighted by Gasteiger charge is -2.57. The third kappa shape index (κ3) is 2.05. The summed E-state index contributed by atoms with van der Waals surface area (Å²) in [5, 5.41) is 22.2. The van der Waals surface area contributed by atoms with Crippen molar-refractivity contribution >= 4 is 5.78 Å². The van der Waals surface area contributed by atoms with Crippen molar-refractivity contribution in [2.24, 2.45) is 29.1 Å². The van der Waals surface area contributed by atoms with E-state index in [2.05, 4.69) is 13.8 Å². The minimum Gasteiger partial charge on any atom is -0.393 e. The van der Waals surface area contributed by atoms with Gasteiger partial charge in [0.1, 0.15) is 0 Å².